The highest BCUT2D eigenvalue weighted by molar-refractivity contribution is 6.33. The normalized spacial score (nSPS) is 11.1. The molecule has 19 heavy (non-hydrogen) atoms. The largest absolute Gasteiger partial charge is 0.478 e. The molecule has 0 aliphatic rings. The van der Waals surface area contributed by atoms with E-state index in [4.69, 9.17) is 16.7 Å². The number of hydrogen-bond donors (Lipinski definition) is 3. The second-order valence-corrected chi connectivity index (χ2v) is 4.13. The molecule has 0 radical (unpaired) electrons. The molecule has 0 fully saturated rings. The molecule has 2 rings (SSSR count). The number of nitrogens with one attached hydrogen (secondary N) is 2. The summed E-state index contributed by atoms with van der Waals surface area (Å²) in [6, 6.07) is 4.20. The van der Waals surface area contributed by atoms with Gasteiger partial charge >= 0.3 is 5.97 Å². The van der Waals surface area contributed by atoms with Gasteiger partial charge in [-0.25, -0.2) is 4.79 Å². The summed E-state index contributed by atoms with van der Waals surface area (Å²) in [6.45, 7) is 1.66. The van der Waals surface area contributed by atoms with Crippen LogP contribution in [0, 0.1) is 6.92 Å². The Balaban J connectivity index is 2.37. The Morgan fingerprint density at radius 3 is 2.63 bits per heavy atom. The highest BCUT2D eigenvalue weighted by Gasteiger charge is 2.09. The van der Waals surface area contributed by atoms with Gasteiger partial charge < -0.3 is 10.2 Å². The van der Waals surface area contributed by atoms with Gasteiger partial charge in [0.15, 0.2) is 5.69 Å². The molecule has 0 aliphatic heterocycles. The first kappa shape index (κ1) is 13.0. The van der Waals surface area contributed by atoms with E-state index in [0.717, 1.165) is 0 Å². The van der Waals surface area contributed by atoms with Gasteiger partial charge in [0.1, 0.15) is 0 Å². The zero-order valence-corrected chi connectivity index (χ0v) is 10.5. The molecule has 0 saturated heterocycles. The van der Waals surface area contributed by atoms with Crippen molar-refractivity contribution in [3.8, 4) is 0 Å². The lowest BCUT2D eigenvalue weighted by molar-refractivity contribution is 0.0697. The number of H-pyrrole nitrogens is 2. The van der Waals surface area contributed by atoms with Gasteiger partial charge in [0.05, 0.1) is 22.0 Å². The molecule has 0 unspecified atom stereocenters. The Bertz CT molecular complexity index is 717. The quantitative estimate of drug-likeness (QED) is 0.752. The number of hydrogen-bond acceptors (Lipinski definition) is 4. The number of rotatable bonds is 3. The lowest BCUT2D eigenvalue weighted by Gasteiger charge is -1.99. The minimum atomic E-state index is -1.15. The molecule has 0 spiro atoms. The molecule has 1 aromatic heterocycles. The minimum Gasteiger partial charge on any atom is -0.478 e. The third kappa shape index (κ3) is 2.71. The summed E-state index contributed by atoms with van der Waals surface area (Å²) in [5.74, 6) is -1.15. The molecule has 0 aliphatic carbocycles. The molecule has 0 atom stereocenters. The van der Waals surface area contributed by atoms with Crippen molar-refractivity contribution < 1.29 is 9.90 Å². The van der Waals surface area contributed by atoms with Crippen molar-refractivity contribution in [2.24, 2.45) is 10.2 Å². The third-order valence-electron chi connectivity index (χ3n) is 2.38. The average molecular weight is 281 g/mol. The number of halogens is 1. The van der Waals surface area contributed by atoms with Crippen molar-refractivity contribution in [3.63, 3.8) is 0 Å². The number of azo groups is 1. The lowest BCUT2D eigenvalue weighted by atomic mass is 10.2. The summed E-state index contributed by atoms with van der Waals surface area (Å²) < 4.78 is 0. The SMILES string of the molecule is Cc1[nH][nH]c(=O)c1N=Nc1ccc(Cl)c(C(=O)O)c1. The van der Waals surface area contributed by atoms with Crippen LogP contribution < -0.4 is 5.56 Å². The number of aryl methyl sites for hydroxylation is 1. The highest BCUT2D eigenvalue weighted by atomic mass is 35.5. The van der Waals surface area contributed by atoms with E-state index in [-0.39, 0.29) is 16.3 Å². The number of aromatic carboxylic acids is 1. The summed E-state index contributed by atoms with van der Waals surface area (Å²) in [6.07, 6.45) is 0. The van der Waals surface area contributed by atoms with Crippen molar-refractivity contribution in [1.82, 2.24) is 10.2 Å². The van der Waals surface area contributed by atoms with E-state index in [2.05, 4.69) is 20.4 Å². The van der Waals surface area contributed by atoms with Crippen molar-refractivity contribution >= 4 is 28.9 Å². The molecular weight excluding hydrogens is 272 g/mol. The molecule has 0 bridgehead atoms. The average Bonchev–Trinajstić information content (AvgIpc) is 2.68. The predicted molar refractivity (Wildman–Crippen MR) is 68.7 cm³/mol. The maximum Gasteiger partial charge on any atom is 0.337 e. The molecule has 8 heteroatoms. The van der Waals surface area contributed by atoms with Crippen LogP contribution in [-0.2, 0) is 0 Å². The van der Waals surface area contributed by atoms with Crippen LogP contribution in [0.5, 0.6) is 0 Å². The standard InChI is InChI=1S/C11H9ClN4O3/c1-5-9(10(17)16-13-5)15-14-6-2-3-8(12)7(4-6)11(18)19/h2-4H,1H3,(H,18,19)(H2,13,16,17). The fourth-order valence-electron chi connectivity index (χ4n) is 1.41. The van der Waals surface area contributed by atoms with Crippen molar-refractivity contribution in [2.45, 2.75) is 6.92 Å². The van der Waals surface area contributed by atoms with Crippen LogP contribution in [0.2, 0.25) is 5.02 Å². The predicted octanol–water partition coefficient (Wildman–Crippen LogP) is 2.78. The Labute approximate surface area is 111 Å². The zero-order valence-electron chi connectivity index (χ0n) is 9.77. The monoisotopic (exact) mass is 280 g/mol. The molecular formula is C11H9ClN4O3. The van der Waals surface area contributed by atoms with Crippen LogP contribution in [0.1, 0.15) is 16.1 Å². The second-order valence-electron chi connectivity index (χ2n) is 3.72. The molecule has 2 aromatic rings. The maximum atomic E-state index is 11.3. The molecule has 98 valence electrons. The third-order valence-corrected chi connectivity index (χ3v) is 2.71. The first-order chi connectivity index (χ1) is 8.99. The number of carbonyl (C=O) groups is 1. The van der Waals surface area contributed by atoms with Gasteiger partial charge in [0.25, 0.3) is 5.56 Å². The first-order valence-electron chi connectivity index (χ1n) is 5.21. The van der Waals surface area contributed by atoms with Crippen LogP contribution in [0.4, 0.5) is 11.4 Å². The van der Waals surface area contributed by atoms with Crippen LogP contribution >= 0.6 is 11.6 Å². The number of carboxylic acid groups (broad SMARTS) is 1. The lowest BCUT2D eigenvalue weighted by Crippen LogP contribution is -1.97. The summed E-state index contributed by atoms with van der Waals surface area (Å²) in [7, 11) is 0. The van der Waals surface area contributed by atoms with Crippen LogP contribution in [0.3, 0.4) is 0 Å². The van der Waals surface area contributed by atoms with Crippen LogP contribution in [0.15, 0.2) is 33.2 Å². The van der Waals surface area contributed by atoms with E-state index in [0.29, 0.717) is 11.4 Å². The van der Waals surface area contributed by atoms with E-state index in [1.54, 1.807) is 6.92 Å². The summed E-state index contributed by atoms with van der Waals surface area (Å²) in [5, 5.41) is 21.6. The number of benzene rings is 1. The van der Waals surface area contributed by atoms with Gasteiger partial charge in [-0.1, -0.05) is 11.6 Å². The smallest absolute Gasteiger partial charge is 0.337 e. The Morgan fingerprint density at radius 1 is 1.32 bits per heavy atom. The van der Waals surface area contributed by atoms with Crippen LogP contribution in [-0.4, -0.2) is 21.3 Å². The van der Waals surface area contributed by atoms with Gasteiger partial charge in [-0.3, -0.25) is 9.89 Å². The number of carboxylic acids is 1. The molecule has 3 N–H and O–H groups in total. The Hall–Kier alpha value is -2.41. The van der Waals surface area contributed by atoms with E-state index >= 15 is 0 Å². The summed E-state index contributed by atoms with van der Waals surface area (Å²) in [5.41, 5.74) is 0.515. The van der Waals surface area contributed by atoms with Crippen LogP contribution in [0.25, 0.3) is 0 Å². The van der Waals surface area contributed by atoms with Crippen molar-refractivity contribution in [3.05, 3.63) is 44.8 Å². The molecule has 1 heterocycles. The summed E-state index contributed by atoms with van der Waals surface area (Å²) >= 11 is 5.73. The number of aromatic amines is 2. The number of aromatic nitrogens is 2. The van der Waals surface area contributed by atoms with Gasteiger partial charge in [0.2, 0.25) is 0 Å². The van der Waals surface area contributed by atoms with Gasteiger partial charge in [-0.15, -0.1) is 5.11 Å². The summed E-state index contributed by atoms with van der Waals surface area (Å²) in [4.78, 5) is 22.2. The van der Waals surface area contributed by atoms with E-state index in [1.165, 1.54) is 18.2 Å². The Kier molecular flexibility index (Phi) is 3.48. The van der Waals surface area contributed by atoms with Crippen molar-refractivity contribution in [1.29, 1.82) is 0 Å². The van der Waals surface area contributed by atoms with E-state index < -0.39 is 11.5 Å². The maximum absolute atomic E-state index is 11.3. The van der Waals surface area contributed by atoms with E-state index in [1.807, 2.05) is 0 Å². The first-order valence-corrected chi connectivity index (χ1v) is 5.58. The second kappa shape index (κ2) is 5.07. The zero-order chi connectivity index (χ0) is 14.0. The molecule has 7 nitrogen and oxygen atoms in total. The molecule has 1 aromatic carbocycles. The fourth-order valence-corrected chi connectivity index (χ4v) is 1.61. The number of nitrogens with zero attached hydrogens (tertiary/aromatic N) is 2. The molecule has 0 amide bonds. The van der Waals surface area contributed by atoms with Gasteiger partial charge in [-0.2, -0.15) is 5.11 Å². The highest BCUT2D eigenvalue weighted by Crippen LogP contribution is 2.24. The Morgan fingerprint density at radius 2 is 2.05 bits per heavy atom. The fraction of sp³-hybridized carbons (Fsp3) is 0.0909. The molecule has 0 saturated carbocycles. The minimum absolute atomic E-state index is 0.0715. The van der Waals surface area contributed by atoms with Gasteiger partial charge in [-0.05, 0) is 25.1 Å². The van der Waals surface area contributed by atoms with Gasteiger partial charge in [0, 0.05) is 0 Å². The van der Waals surface area contributed by atoms with Crippen molar-refractivity contribution in [2.75, 3.05) is 0 Å². The van der Waals surface area contributed by atoms with E-state index in [9.17, 15) is 9.59 Å². The topological polar surface area (TPSA) is 111 Å².